The maximum atomic E-state index is 14.4. The molecule has 0 aromatic heterocycles. The summed E-state index contributed by atoms with van der Waals surface area (Å²) in [5, 5.41) is 0. The number of benzene rings is 4. The summed E-state index contributed by atoms with van der Waals surface area (Å²) in [7, 11) is 0. The van der Waals surface area contributed by atoms with Gasteiger partial charge in [0.2, 0.25) is 23.4 Å². The van der Waals surface area contributed by atoms with Crippen LogP contribution in [0.25, 0.3) is 22.3 Å². The SMILES string of the molecule is CCCCCCCCCCCCOc1ccc(-c2ccc3c(c2)N(C(C)=O)/C(=C2\C(=O)c4ccc(-c5ccc(OCCCCCCCCCCCC)cc5C)cc4N2C(C)=O)C3=O)c(C)c1. The van der Waals surface area contributed by atoms with Gasteiger partial charge in [0.05, 0.1) is 24.6 Å². The fourth-order valence-electron chi connectivity index (χ4n) is 9.59. The average molecular weight is 895 g/mol. The highest BCUT2D eigenvalue weighted by Crippen LogP contribution is 2.45. The summed E-state index contributed by atoms with van der Waals surface area (Å²) in [5.41, 5.74) is 6.63. The Morgan fingerprint density at radius 1 is 0.424 bits per heavy atom. The minimum absolute atomic E-state index is 0.111. The molecule has 4 aromatic rings. The minimum Gasteiger partial charge on any atom is -0.494 e. The van der Waals surface area contributed by atoms with Gasteiger partial charge < -0.3 is 9.47 Å². The van der Waals surface area contributed by atoms with E-state index in [1.807, 2.05) is 74.5 Å². The van der Waals surface area contributed by atoms with E-state index in [1.54, 1.807) is 12.1 Å². The average Bonchev–Trinajstić information content (AvgIpc) is 3.76. The number of anilines is 2. The molecule has 8 heteroatoms. The van der Waals surface area contributed by atoms with Gasteiger partial charge in [0, 0.05) is 25.0 Å². The quantitative estimate of drug-likeness (QED) is 0.0460. The molecule has 352 valence electrons. The number of ether oxygens (including phenoxy) is 2. The van der Waals surface area contributed by atoms with Crippen LogP contribution in [-0.4, -0.2) is 36.6 Å². The summed E-state index contributed by atoms with van der Waals surface area (Å²) in [5.74, 6) is -0.217. The zero-order chi connectivity index (χ0) is 47.0. The lowest BCUT2D eigenvalue weighted by atomic mass is 9.97. The van der Waals surface area contributed by atoms with Crippen molar-refractivity contribution in [2.45, 2.75) is 170 Å². The lowest BCUT2D eigenvalue weighted by molar-refractivity contribution is -0.117. The van der Waals surface area contributed by atoms with Crippen LogP contribution in [-0.2, 0) is 9.59 Å². The first-order valence-electron chi connectivity index (χ1n) is 25.3. The molecular weight excluding hydrogens is 821 g/mol. The first-order valence-corrected chi connectivity index (χ1v) is 25.3. The highest BCUT2D eigenvalue weighted by Gasteiger charge is 2.45. The van der Waals surface area contributed by atoms with Gasteiger partial charge in [0.25, 0.3) is 0 Å². The van der Waals surface area contributed by atoms with Crippen LogP contribution in [0.15, 0.2) is 84.2 Å². The predicted octanol–water partition coefficient (Wildman–Crippen LogP) is 15.2. The van der Waals surface area contributed by atoms with E-state index >= 15 is 0 Å². The molecule has 2 aliphatic rings. The van der Waals surface area contributed by atoms with Crippen molar-refractivity contribution in [1.82, 2.24) is 0 Å². The lowest BCUT2D eigenvalue weighted by Crippen LogP contribution is -2.34. The molecule has 0 N–H and O–H groups in total. The molecule has 0 saturated carbocycles. The Balaban J connectivity index is 1.12. The second-order valence-corrected chi connectivity index (χ2v) is 18.5. The monoisotopic (exact) mass is 895 g/mol. The van der Waals surface area contributed by atoms with E-state index < -0.39 is 23.4 Å². The first kappa shape index (κ1) is 49.9. The number of nitrogens with zero attached hydrogens (tertiary/aromatic N) is 2. The summed E-state index contributed by atoms with van der Waals surface area (Å²) in [6, 6.07) is 22.8. The number of unbranched alkanes of at least 4 members (excludes halogenated alkanes) is 18. The Kier molecular flexibility index (Phi) is 18.8. The molecule has 0 unspecified atom stereocenters. The van der Waals surface area contributed by atoms with E-state index in [9.17, 15) is 19.2 Å². The summed E-state index contributed by atoms with van der Waals surface area (Å²) in [6.07, 6.45) is 25.5. The van der Waals surface area contributed by atoms with Crippen LogP contribution in [0.1, 0.15) is 188 Å². The van der Waals surface area contributed by atoms with Gasteiger partial charge >= 0.3 is 0 Å². The number of hydrogen-bond acceptors (Lipinski definition) is 6. The van der Waals surface area contributed by atoms with E-state index in [1.165, 1.54) is 126 Å². The highest BCUT2D eigenvalue weighted by atomic mass is 16.5. The van der Waals surface area contributed by atoms with Gasteiger partial charge in [-0.15, -0.1) is 0 Å². The maximum absolute atomic E-state index is 14.4. The van der Waals surface area contributed by atoms with Gasteiger partial charge in [-0.1, -0.05) is 154 Å². The normalized spacial score (nSPS) is 14.3. The Bertz CT molecular complexity index is 2200. The van der Waals surface area contributed by atoms with E-state index in [-0.39, 0.29) is 11.4 Å². The molecule has 0 radical (unpaired) electrons. The number of hydrogen-bond donors (Lipinski definition) is 0. The fourth-order valence-corrected chi connectivity index (χ4v) is 9.59. The Morgan fingerprint density at radius 3 is 1.06 bits per heavy atom. The Hall–Kier alpha value is -5.50. The summed E-state index contributed by atoms with van der Waals surface area (Å²) in [4.78, 5) is 58.4. The van der Waals surface area contributed by atoms with Crippen molar-refractivity contribution in [3.63, 3.8) is 0 Å². The molecule has 0 aliphatic carbocycles. The van der Waals surface area contributed by atoms with Gasteiger partial charge in [-0.05, 0) is 109 Å². The van der Waals surface area contributed by atoms with E-state index in [0.29, 0.717) is 35.7 Å². The van der Waals surface area contributed by atoms with E-state index in [4.69, 9.17) is 9.47 Å². The van der Waals surface area contributed by atoms with Gasteiger partial charge in [-0.3, -0.25) is 29.0 Å². The standard InChI is InChI=1S/C58H74N2O6/c1-7-9-11-13-15-17-19-21-23-25-35-65-47-29-33-49(41(3)37-47)45-27-31-51-53(39-45)59(43(5)61)55(57(51)63)56-58(64)52-32-28-46(40-54(52)60(56)44(6)62)50-34-30-48(38-42(50)4)66-36-26-24-22-20-18-16-14-12-10-8-2/h27-34,37-40H,7-26,35-36H2,1-6H3/b56-55+. The van der Waals surface area contributed by atoms with Crippen molar-refractivity contribution in [2.75, 3.05) is 23.0 Å². The number of Topliss-reactive ketones (excluding diaryl/α,β-unsaturated/α-hetero) is 2. The largest absolute Gasteiger partial charge is 0.494 e. The molecule has 0 bridgehead atoms. The zero-order valence-electron chi connectivity index (χ0n) is 40.8. The molecule has 2 heterocycles. The molecule has 0 saturated heterocycles. The molecule has 0 spiro atoms. The van der Waals surface area contributed by atoms with Crippen molar-refractivity contribution in [1.29, 1.82) is 0 Å². The zero-order valence-corrected chi connectivity index (χ0v) is 40.8. The van der Waals surface area contributed by atoms with Crippen molar-refractivity contribution >= 4 is 34.8 Å². The Labute approximate surface area is 395 Å². The fraction of sp³-hybridized carbons (Fsp3) is 0.483. The second kappa shape index (κ2) is 24.9. The van der Waals surface area contributed by atoms with Crippen LogP contribution < -0.4 is 19.3 Å². The van der Waals surface area contributed by atoms with Crippen LogP contribution in [0.4, 0.5) is 11.4 Å². The van der Waals surface area contributed by atoms with Crippen LogP contribution in [0, 0.1) is 13.8 Å². The number of ketones is 2. The molecule has 6 rings (SSSR count). The van der Waals surface area contributed by atoms with Crippen LogP contribution in [0.3, 0.4) is 0 Å². The number of carbonyl (C=O) groups is 4. The number of fused-ring (bicyclic) bond motifs is 2. The van der Waals surface area contributed by atoms with Gasteiger partial charge in [-0.2, -0.15) is 0 Å². The molecule has 66 heavy (non-hydrogen) atoms. The van der Waals surface area contributed by atoms with Crippen molar-refractivity contribution in [3.05, 3.63) is 106 Å². The molecule has 2 amide bonds. The van der Waals surface area contributed by atoms with Gasteiger partial charge in [-0.25, -0.2) is 0 Å². The van der Waals surface area contributed by atoms with Crippen molar-refractivity contribution in [2.24, 2.45) is 0 Å². The third-order valence-electron chi connectivity index (χ3n) is 13.2. The number of aryl methyl sites for hydroxylation is 2. The highest BCUT2D eigenvalue weighted by molar-refractivity contribution is 6.34. The molecule has 4 aromatic carbocycles. The number of allylic oxidation sites excluding steroid dienone is 2. The molecule has 2 aliphatic heterocycles. The minimum atomic E-state index is -0.480. The Morgan fingerprint density at radius 2 is 0.742 bits per heavy atom. The smallest absolute Gasteiger partial charge is 0.228 e. The molecular formula is C58H74N2O6. The molecule has 0 atom stereocenters. The van der Waals surface area contributed by atoms with Crippen molar-refractivity contribution < 1.29 is 28.7 Å². The third kappa shape index (κ3) is 12.5. The first-order chi connectivity index (χ1) is 32.0. The maximum Gasteiger partial charge on any atom is 0.228 e. The molecule has 8 nitrogen and oxygen atoms in total. The summed E-state index contributed by atoms with van der Waals surface area (Å²) >= 11 is 0. The number of carbonyl (C=O) groups excluding carboxylic acids is 4. The summed E-state index contributed by atoms with van der Waals surface area (Å²) < 4.78 is 12.3. The number of rotatable bonds is 26. The van der Waals surface area contributed by atoms with Crippen LogP contribution in [0.5, 0.6) is 11.5 Å². The predicted molar refractivity (Wildman–Crippen MR) is 270 cm³/mol. The van der Waals surface area contributed by atoms with Crippen LogP contribution in [0.2, 0.25) is 0 Å². The lowest BCUT2D eigenvalue weighted by Gasteiger charge is -2.23. The van der Waals surface area contributed by atoms with E-state index in [2.05, 4.69) is 13.8 Å². The third-order valence-corrected chi connectivity index (χ3v) is 13.2. The van der Waals surface area contributed by atoms with Crippen molar-refractivity contribution in [3.8, 4) is 33.8 Å². The van der Waals surface area contributed by atoms with Crippen LogP contribution >= 0.6 is 0 Å². The topological polar surface area (TPSA) is 93.2 Å². The molecule has 0 fully saturated rings. The summed E-state index contributed by atoms with van der Waals surface area (Å²) in [6.45, 7) is 12.6. The second-order valence-electron chi connectivity index (χ2n) is 18.5. The van der Waals surface area contributed by atoms with E-state index in [0.717, 1.165) is 70.6 Å². The number of amides is 2. The van der Waals surface area contributed by atoms with Gasteiger partial charge in [0.15, 0.2) is 0 Å². The van der Waals surface area contributed by atoms with Gasteiger partial charge in [0.1, 0.15) is 22.9 Å².